The Morgan fingerprint density at radius 3 is 1.88 bits per heavy atom. The molecule has 0 spiro atoms. The monoisotopic (exact) mass is 239 g/mol. The van der Waals surface area contributed by atoms with E-state index in [-0.39, 0.29) is 18.6 Å². The summed E-state index contributed by atoms with van der Waals surface area (Å²) in [7, 11) is 0. The van der Waals surface area contributed by atoms with Crippen molar-refractivity contribution in [2.24, 2.45) is 11.1 Å². The topological polar surface area (TPSA) is 43.1 Å². The molecule has 0 radical (unpaired) electrons. The molecular formula is C11H20F3NO. The van der Waals surface area contributed by atoms with Gasteiger partial charge in [-0.15, -0.1) is 0 Å². The maximum atomic E-state index is 11.9. The SMILES string of the molecule is CC(C)(N)C(C)(C)C(=O)CCCC(F)(F)F. The lowest BCUT2D eigenvalue weighted by molar-refractivity contribution is -0.139. The molecule has 0 atom stereocenters. The third kappa shape index (κ3) is 4.51. The van der Waals surface area contributed by atoms with Crippen molar-refractivity contribution < 1.29 is 18.0 Å². The Hall–Kier alpha value is -0.580. The van der Waals surface area contributed by atoms with Crippen LogP contribution in [0.3, 0.4) is 0 Å². The second-order valence-electron chi connectivity index (χ2n) is 5.24. The summed E-state index contributed by atoms with van der Waals surface area (Å²) in [5, 5.41) is 0. The molecule has 2 nitrogen and oxygen atoms in total. The Kier molecular flexibility index (Phi) is 4.56. The first-order valence-corrected chi connectivity index (χ1v) is 5.27. The van der Waals surface area contributed by atoms with Gasteiger partial charge in [-0.25, -0.2) is 0 Å². The molecule has 0 aromatic rings. The summed E-state index contributed by atoms with van der Waals surface area (Å²) in [6, 6.07) is 0. The standard InChI is InChI=1S/C11H20F3NO/c1-9(2,10(3,4)15)8(16)6-5-7-11(12,13)14/h5-7,15H2,1-4H3. The zero-order valence-corrected chi connectivity index (χ0v) is 10.2. The van der Waals surface area contributed by atoms with Gasteiger partial charge < -0.3 is 5.73 Å². The summed E-state index contributed by atoms with van der Waals surface area (Å²) >= 11 is 0. The van der Waals surface area contributed by atoms with Gasteiger partial charge in [0, 0.05) is 23.8 Å². The highest BCUT2D eigenvalue weighted by molar-refractivity contribution is 5.85. The minimum Gasteiger partial charge on any atom is -0.325 e. The van der Waals surface area contributed by atoms with E-state index in [0.717, 1.165) is 0 Å². The van der Waals surface area contributed by atoms with E-state index < -0.39 is 23.6 Å². The maximum absolute atomic E-state index is 11.9. The van der Waals surface area contributed by atoms with Crippen molar-refractivity contribution in [3.8, 4) is 0 Å². The van der Waals surface area contributed by atoms with E-state index in [1.807, 2.05) is 0 Å². The average molecular weight is 239 g/mol. The second kappa shape index (κ2) is 4.73. The predicted molar refractivity (Wildman–Crippen MR) is 57.0 cm³/mol. The quantitative estimate of drug-likeness (QED) is 0.801. The Balaban J connectivity index is 4.28. The van der Waals surface area contributed by atoms with Crippen LogP contribution in [0, 0.1) is 5.41 Å². The summed E-state index contributed by atoms with van der Waals surface area (Å²) in [6.45, 7) is 6.75. The molecule has 0 aliphatic carbocycles. The zero-order valence-electron chi connectivity index (χ0n) is 10.2. The Labute approximate surface area is 94.4 Å². The van der Waals surface area contributed by atoms with Crippen molar-refractivity contribution in [2.75, 3.05) is 0 Å². The Bertz CT molecular complexity index is 251. The molecule has 0 rings (SSSR count). The highest BCUT2D eigenvalue weighted by Gasteiger charge is 2.39. The molecule has 0 fully saturated rings. The minimum absolute atomic E-state index is 0.0763. The fraction of sp³-hybridized carbons (Fsp3) is 0.909. The summed E-state index contributed by atoms with van der Waals surface area (Å²) in [5.74, 6) is -0.218. The van der Waals surface area contributed by atoms with E-state index >= 15 is 0 Å². The Morgan fingerprint density at radius 1 is 1.12 bits per heavy atom. The van der Waals surface area contributed by atoms with Gasteiger partial charge in [-0.3, -0.25) is 4.79 Å². The van der Waals surface area contributed by atoms with Gasteiger partial charge in [0.25, 0.3) is 0 Å². The van der Waals surface area contributed by atoms with Crippen molar-refractivity contribution >= 4 is 5.78 Å². The molecular weight excluding hydrogens is 219 g/mol. The molecule has 0 aliphatic heterocycles. The normalized spacial score (nSPS) is 14.0. The third-order valence-electron chi connectivity index (χ3n) is 3.17. The third-order valence-corrected chi connectivity index (χ3v) is 3.17. The molecule has 0 amide bonds. The van der Waals surface area contributed by atoms with Crippen LogP contribution in [-0.4, -0.2) is 17.5 Å². The summed E-state index contributed by atoms with van der Waals surface area (Å²) in [6.07, 6.45) is -5.35. The number of alkyl halides is 3. The molecule has 0 aromatic heterocycles. The smallest absolute Gasteiger partial charge is 0.325 e. The Morgan fingerprint density at radius 2 is 1.56 bits per heavy atom. The number of ketones is 1. The van der Waals surface area contributed by atoms with E-state index in [0.29, 0.717) is 0 Å². The number of carbonyl (C=O) groups is 1. The van der Waals surface area contributed by atoms with Crippen LogP contribution in [0.4, 0.5) is 13.2 Å². The first kappa shape index (κ1) is 15.4. The van der Waals surface area contributed by atoms with Crippen molar-refractivity contribution in [1.29, 1.82) is 0 Å². The maximum Gasteiger partial charge on any atom is 0.389 e. The predicted octanol–water partition coefficient (Wildman–Crippen LogP) is 3.05. The molecule has 0 heterocycles. The molecule has 0 unspecified atom stereocenters. The molecule has 0 saturated heterocycles. The number of rotatable bonds is 5. The fourth-order valence-corrected chi connectivity index (χ4v) is 1.12. The van der Waals surface area contributed by atoms with E-state index in [1.165, 1.54) is 0 Å². The molecule has 0 bridgehead atoms. The van der Waals surface area contributed by atoms with E-state index in [1.54, 1.807) is 27.7 Å². The van der Waals surface area contributed by atoms with Gasteiger partial charge >= 0.3 is 6.18 Å². The lowest BCUT2D eigenvalue weighted by Crippen LogP contribution is -2.51. The lowest BCUT2D eigenvalue weighted by atomic mass is 9.71. The highest BCUT2D eigenvalue weighted by Crippen LogP contribution is 2.32. The number of halogens is 3. The lowest BCUT2D eigenvalue weighted by Gasteiger charge is -2.37. The molecule has 96 valence electrons. The second-order valence-corrected chi connectivity index (χ2v) is 5.24. The van der Waals surface area contributed by atoms with Gasteiger partial charge in [0.15, 0.2) is 0 Å². The van der Waals surface area contributed by atoms with Crippen molar-refractivity contribution in [3.63, 3.8) is 0 Å². The summed E-state index contributed by atoms with van der Waals surface area (Å²) in [4.78, 5) is 11.7. The number of nitrogens with two attached hydrogens (primary N) is 1. The minimum atomic E-state index is -4.19. The number of hydrogen-bond acceptors (Lipinski definition) is 2. The van der Waals surface area contributed by atoms with Crippen molar-refractivity contribution in [2.45, 2.75) is 58.7 Å². The summed E-state index contributed by atoms with van der Waals surface area (Å²) < 4.78 is 35.7. The van der Waals surface area contributed by atoms with Crippen LogP contribution >= 0.6 is 0 Å². The van der Waals surface area contributed by atoms with Crippen LogP contribution in [0.1, 0.15) is 47.0 Å². The van der Waals surface area contributed by atoms with Gasteiger partial charge in [0.2, 0.25) is 0 Å². The van der Waals surface area contributed by atoms with Crippen LogP contribution in [0.25, 0.3) is 0 Å². The number of hydrogen-bond donors (Lipinski definition) is 1. The van der Waals surface area contributed by atoms with E-state index in [4.69, 9.17) is 5.73 Å². The molecule has 2 N–H and O–H groups in total. The summed E-state index contributed by atoms with van der Waals surface area (Å²) in [5.41, 5.74) is 4.29. The van der Waals surface area contributed by atoms with Crippen molar-refractivity contribution in [1.82, 2.24) is 0 Å². The van der Waals surface area contributed by atoms with E-state index in [2.05, 4.69) is 0 Å². The molecule has 5 heteroatoms. The highest BCUT2D eigenvalue weighted by atomic mass is 19.4. The van der Waals surface area contributed by atoms with Crippen LogP contribution < -0.4 is 5.73 Å². The fourth-order valence-electron chi connectivity index (χ4n) is 1.12. The zero-order chi connectivity index (χ0) is 13.2. The van der Waals surface area contributed by atoms with Crippen LogP contribution in [0.15, 0.2) is 0 Å². The van der Waals surface area contributed by atoms with Crippen molar-refractivity contribution in [3.05, 3.63) is 0 Å². The van der Waals surface area contributed by atoms with Crippen LogP contribution in [0.5, 0.6) is 0 Å². The van der Waals surface area contributed by atoms with Gasteiger partial charge in [0.1, 0.15) is 5.78 Å². The molecule has 0 saturated carbocycles. The molecule has 0 aliphatic rings. The van der Waals surface area contributed by atoms with Crippen LogP contribution in [-0.2, 0) is 4.79 Å². The largest absolute Gasteiger partial charge is 0.389 e. The van der Waals surface area contributed by atoms with Gasteiger partial charge in [-0.2, -0.15) is 13.2 Å². The van der Waals surface area contributed by atoms with Gasteiger partial charge in [0.05, 0.1) is 0 Å². The average Bonchev–Trinajstić information content (AvgIpc) is 1.99. The number of Topliss-reactive ketones (excluding diaryl/α,β-unsaturated/α-hetero) is 1. The number of carbonyl (C=O) groups excluding carboxylic acids is 1. The first-order chi connectivity index (χ1) is 6.88. The van der Waals surface area contributed by atoms with E-state index in [9.17, 15) is 18.0 Å². The molecule has 0 aromatic carbocycles. The van der Waals surface area contributed by atoms with Crippen LogP contribution in [0.2, 0.25) is 0 Å². The van der Waals surface area contributed by atoms with Gasteiger partial charge in [-0.1, -0.05) is 13.8 Å². The molecule has 16 heavy (non-hydrogen) atoms. The first-order valence-electron chi connectivity index (χ1n) is 5.27. The van der Waals surface area contributed by atoms with Gasteiger partial charge in [-0.05, 0) is 20.3 Å².